The predicted molar refractivity (Wildman–Crippen MR) is 120 cm³/mol. The number of benzene rings is 4. The summed E-state index contributed by atoms with van der Waals surface area (Å²) in [6.07, 6.45) is 0. The highest BCUT2D eigenvalue weighted by molar-refractivity contribution is 6.18. The molecule has 0 fully saturated rings. The Morgan fingerprint density at radius 3 is 2.32 bits per heavy atom. The number of nitrogens with zero attached hydrogens (tertiary/aromatic N) is 1. The van der Waals surface area contributed by atoms with Crippen LogP contribution in [0.25, 0.3) is 55.2 Å². The topological polar surface area (TPSA) is 26.0 Å². The third kappa shape index (κ3) is 2.88. The van der Waals surface area contributed by atoms with Crippen LogP contribution in [0, 0.1) is 11.6 Å². The number of pyridine rings is 1. The van der Waals surface area contributed by atoms with Crippen molar-refractivity contribution in [2.45, 2.75) is 0 Å². The Kier molecular flexibility index (Phi) is 3.87. The summed E-state index contributed by atoms with van der Waals surface area (Å²) in [5.74, 6) is -0.628. The fraction of sp³-hybridized carbons (Fsp3) is 0. The summed E-state index contributed by atoms with van der Waals surface area (Å²) in [4.78, 5) is 4.81. The fourth-order valence-electron chi connectivity index (χ4n) is 4.16. The molecule has 2 nitrogen and oxygen atoms in total. The molecule has 0 amide bonds. The Labute approximate surface area is 176 Å². The van der Waals surface area contributed by atoms with Gasteiger partial charge in [-0.05, 0) is 59.7 Å². The molecule has 0 saturated carbocycles. The average molecular weight is 407 g/mol. The van der Waals surface area contributed by atoms with Crippen LogP contribution in [-0.2, 0) is 0 Å². The van der Waals surface area contributed by atoms with Gasteiger partial charge in [0, 0.05) is 16.3 Å². The zero-order chi connectivity index (χ0) is 20.9. The van der Waals surface area contributed by atoms with E-state index in [0.29, 0.717) is 11.3 Å². The van der Waals surface area contributed by atoms with Gasteiger partial charge < -0.3 is 4.42 Å². The highest BCUT2D eigenvalue weighted by Gasteiger charge is 2.17. The molecule has 0 aliphatic carbocycles. The summed E-state index contributed by atoms with van der Waals surface area (Å²) in [6, 6.07) is 26.4. The number of para-hydroxylation sites is 1. The first-order valence-corrected chi connectivity index (χ1v) is 9.94. The van der Waals surface area contributed by atoms with Gasteiger partial charge >= 0.3 is 0 Å². The molecule has 6 aromatic rings. The Bertz CT molecular complexity index is 1600. The maximum absolute atomic E-state index is 13.9. The van der Waals surface area contributed by atoms with Gasteiger partial charge in [-0.1, -0.05) is 42.5 Å². The second-order valence-corrected chi connectivity index (χ2v) is 7.51. The van der Waals surface area contributed by atoms with Crippen molar-refractivity contribution in [3.05, 3.63) is 103 Å². The molecule has 0 aliphatic rings. The summed E-state index contributed by atoms with van der Waals surface area (Å²) >= 11 is 0. The van der Waals surface area contributed by atoms with Crippen molar-refractivity contribution in [2.75, 3.05) is 0 Å². The summed E-state index contributed by atoms with van der Waals surface area (Å²) in [7, 11) is 0. The van der Waals surface area contributed by atoms with Crippen molar-refractivity contribution in [2.24, 2.45) is 0 Å². The summed E-state index contributed by atoms with van der Waals surface area (Å²) < 4.78 is 33.7. The van der Waals surface area contributed by atoms with Crippen LogP contribution in [-0.4, -0.2) is 4.98 Å². The molecule has 6 rings (SSSR count). The normalized spacial score (nSPS) is 11.5. The molecule has 2 aromatic heterocycles. The SMILES string of the molecule is Fc1ccc(-c2cc(-c3cccc(F)c3)nc3ccc4c5ccccc5oc4c23)cc1. The molecule has 0 atom stereocenters. The van der Waals surface area contributed by atoms with Gasteiger partial charge in [0.15, 0.2) is 0 Å². The Morgan fingerprint density at radius 1 is 0.645 bits per heavy atom. The van der Waals surface area contributed by atoms with E-state index in [9.17, 15) is 8.78 Å². The van der Waals surface area contributed by atoms with Gasteiger partial charge in [0.1, 0.15) is 22.8 Å². The van der Waals surface area contributed by atoms with Crippen LogP contribution in [0.15, 0.2) is 95.4 Å². The first-order chi connectivity index (χ1) is 15.2. The predicted octanol–water partition coefficient (Wildman–Crippen LogP) is 7.75. The Hall–Kier alpha value is -4.05. The highest BCUT2D eigenvalue weighted by Crippen LogP contribution is 2.40. The van der Waals surface area contributed by atoms with E-state index >= 15 is 0 Å². The molecular formula is C27H15F2NO. The molecular weight excluding hydrogens is 392 g/mol. The van der Waals surface area contributed by atoms with Crippen LogP contribution in [0.4, 0.5) is 8.78 Å². The molecule has 0 bridgehead atoms. The van der Waals surface area contributed by atoms with E-state index in [4.69, 9.17) is 9.40 Å². The minimum atomic E-state index is -0.324. The van der Waals surface area contributed by atoms with Crippen LogP contribution >= 0.6 is 0 Å². The lowest BCUT2D eigenvalue weighted by Crippen LogP contribution is -1.91. The molecule has 31 heavy (non-hydrogen) atoms. The molecule has 0 radical (unpaired) electrons. The molecule has 2 heterocycles. The second kappa shape index (κ2) is 6.74. The van der Waals surface area contributed by atoms with Crippen molar-refractivity contribution < 1.29 is 13.2 Å². The van der Waals surface area contributed by atoms with Gasteiger partial charge in [0.25, 0.3) is 0 Å². The lowest BCUT2D eigenvalue weighted by molar-refractivity contribution is 0.627. The monoisotopic (exact) mass is 407 g/mol. The molecule has 0 unspecified atom stereocenters. The highest BCUT2D eigenvalue weighted by atomic mass is 19.1. The summed E-state index contributed by atoms with van der Waals surface area (Å²) in [5, 5.41) is 2.87. The smallest absolute Gasteiger partial charge is 0.145 e. The molecule has 4 heteroatoms. The van der Waals surface area contributed by atoms with Gasteiger partial charge in [-0.2, -0.15) is 0 Å². The lowest BCUT2D eigenvalue weighted by atomic mass is 9.96. The van der Waals surface area contributed by atoms with E-state index in [0.717, 1.165) is 44.0 Å². The third-order valence-electron chi connectivity index (χ3n) is 5.59. The fourth-order valence-corrected chi connectivity index (χ4v) is 4.16. The van der Waals surface area contributed by atoms with Gasteiger partial charge in [-0.25, -0.2) is 13.8 Å². The number of hydrogen-bond donors (Lipinski definition) is 0. The molecule has 0 saturated heterocycles. The van der Waals surface area contributed by atoms with Crippen molar-refractivity contribution in [1.29, 1.82) is 0 Å². The maximum atomic E-state index is 13.9. The Morgan fingerprint density at radius 2 is 1.48 bits per heavy atom. The van der Waals surface area contributed by atoms with Crippen LogP contribution < -0.4 is 0 Å². The van der Waals surface area contributed by atoms with Gasteiger partial charge in [0.2, 0.25) is 0 Å². The number of hydrogen-bond acceptors (Lipinski definition) is 2. The van der Waals surface area contributed by atoms with Crippen molar-refractivity contribution in [1.82, 2.24) is 4.98 Å². The third-order valence-corrected chi connectivity index (χ3v) is 5.59. The van der Waals surface area contributed by atoms with Crippen LogP contribution in [0.3, 0.4) is 0 Å². The van der Waals surface area contributed by atoms with E-state index in [2.05, 4.69) is 0 Å². The van der Waals surface area contributed by atoms with E-state index in [1.165, 1.54) is 24.3 Å². The largest absolute Gasteiger partial charge is 0.455 e. The van der Waals surface area contributed by atoms with E-state index in [-0.39, 0.29) is 11.6 Å². The van der Waals surface area contributed by atoms with Crippen LogP contribution in [0.1, 0.15) is 0 Å². The van der Waals surface area contributed by atoms with Gasteiger partial charge in [0.05, 0.1) is 16.6 Å². The van der Waals surface area contributed by atoms with E-state index < -0.39 is 0 Å². The number of fused-ring (bicyclic) bond motifs is 5. The average Bonchev–Trinajstić information content (AvgIpc) is 3.18. The zero-order valence-electron chi connectivity index (χ0n) is 16.3. The molecule has 0 N–H and O–H groups in total. The quantitative estimate of drug-likeness (QED) is 0.293. The van der Waals surface area contributed by atoms with Crippen LogP contribution in [0.5, 0.6) is 0 Å². The van der Waals surface area contributed by atoms with Crippen molar-refractivity contribution >= 4 is 32.8 Å². The number of halogens is 2. The lowest BCUT2D eigenvalue weighted by Gasteiger charge is -2.11. The minimum Gasteiger partial charge on any atom is -0.455 e. The maximum Gasteiger partial charge on any atom is 0.145 e. The first-order valence-electron chi connectivity index (χ1n) is 9.94. The first kappa shape index (κ1) is 17.8. The van der Waals surface area contributed by atoms with E-state index in [1.807, 2.05) is 48.5 Å². The van der Waals surface area contributed by atoms with Crippen LogP contribution in [0.2, 0.25) is 0 Å². The molecule has 4 aromatic carbocycles. The van der Waals surface area contributed by atoms with Crippen molar-refractivity contribution in [3.63, 3.8) is 0 Å². The van der Waals surface area contributed by atoms with Gasteiger partial charge in [-0.15, -0.1) is 0 Å². The molecule has 0 aliphatic heterocycles. The summed E-state index contributed by atoms with van der Waals surface area (Å²) in [6.45, 7) is 0. The standard InChI is InChI=1S/C27H15F2NO/c28-18-10-8-16(9-11-18)22-15-24(17-4-3-5-19(29)14-17)30-23-13-12-21-20-6-1-2-7-25(20)31-27(21)26(22)23/h1-15H. The molecule has 0 spiro atoms. The minimum absolute atomic E-state index is 0.304. The molecule has 148 valence electrons. The second-order valence-electron chi connectivity index (χ2n) is 7.51. The van der Waals surface area contributed by atoms with Gasteiger partial charge in [-0.3, -0.25) is 0 Å². The number of aromatic nitrogens is 1. The van der Waals surface area contributed by atoms with Crippen molar-refractivity contribution in [3.8, 4) is 22.4 Å². The zero-order valence-corrected chi connectivity index (χ0v) is 16.3. The Balaban J connectivity index is 1.75. The summed E-state index contributed by atoms with van der Waals surface area (Å²) in [5.41, 5.74) is 5.26. The number of rotatable bonds is 2. The van der Waals surface area contributed by atoms with E-state index in [1.54, 1.807) is 18.2 Å². The number of furan rings is 1.